The molecule has 0 aromatic carbocycles. The molecule has 1 aliphatic rings. The van der Waals surface area contributed by atoms with Crippen molar-refractivity contribution in [3.63, 3.8) is 0 Å². The molecule has 1 atom stereocenters. The Balaban J connectivity index is 2.53. The van der Waals surface area contributed by atoms with Crippen LogP contribution in [0.5, 0.6) is 0 Å². The minimum atomic E-state index is -1.05. The Morgan fingerprint density at radius 1 is 1.56 bits per heavy atom. The molecule has 0 aliphatic carbocycles. The molecule has 1 unspecified atom stereocenters. The van der Waals surface area contributed by atoms with Crippen molar-refractivity contribution in [2.45, 2.75) is 25.8 Å². The van der Waals surface area contributed by atoms with Crippen LogP contribution in [0.1, 0.15) is 19.8 Å². The number of aliphatic carboxylic acids is 1. The van der Waals surface area contributed by atoms with E-state index in [4.69, 9.17) is 14.6 Å². The van der Waals surface area contributed by atoms with Gasteiger partial charge >= 0.3 is 5.97 Å². The Morgan fingerprint density at radius 2 is 2.31 bits per heavy atom. The monoisotopic (exact) mass is 229 g/mol. The molecule has 0 spiro atoms. The van der Waals surface area contributed by atoms with Gasteiger partial charge in [-0.25, -0.2) is 4.79 Å². The third-order valence-electron chi connectivity index (χ3n) is 2.05. The van der Waals surface area contributed by atoms with Crippen molar-refractivity contribution in [1.29, 1.82) is 0 Å². The van der Waals surface area contributed by atoms with Gasteiger partial charge in [-0.3, -0.25) is 4.79 Å². The zero-order chi connectivity index (χ0) is 12.0. The molecule has 1 amide bonds. The number of carboxylic acids is 1. The van der Waals surface area contributed by atoms with E-state index in [-0.39, 0.29) is 5.76 Å². The second-order valence-corrected chi connectivity index (χ2v) is 3.35. The summed E-state index contributed by atoms with van der Waals surface area (Å²) in [6.07, 6.45) is 2.26. The van der Waals surface area contributed by atoms with Gasteiger partial charge in [-0.15, -0.1) is 0 Å². The lowest BCUT2D eigenvalue weighted by atomic mass is 10.1. The van der Waals surface area contributed by atoms with Crippen LogP contribution >= 0.6 is 0 Å². The van der Waals surface area contributed by atoms with E-state index < -0.39 is 17.9 Å². The lowest BCUT2D eigenvalue weighted by Gasteiger charge is -2.17. The maximum atomic E-state index is 11.5. The van der Waals surface area contributed by atoms with Crippen LogP contribution in [0, 0.1) is 0 Å². The van der Waals surface area contributed by atoms with Crippen molar-refractivity contribution in [1.82, 2.24) is 5.32 Å². The topological polar surface area (TPSA) is 84.9 Å². The summed E-state index contributed by atoms with van der Waals surface area (Å²) >= 11 is 0. The minimum absolute atomic E-state index is 0.0219. The maximum Gasteiger partial charge on any atom is 0.326 e. The fourth-order valence-electron chi connectivity index (χ4n) is 1.26. The third kappa shape index (κ3) is 3.45. The first-order valence-corrected chi connectivity index (χ1v) is 5.13. The van der Waals surface area contributed by atoms with Gasteiger partial charge in [0.15, 0.2) is 0 Å². The van der Waals surface area contributed by atoms with E-state index in [9.17, 15) is 9.59 Å². The molecule has 16 heavy (non-hydrogen) atoms. The number of carboxylic acid groups (broad SMARTS) is 1. The van der Waals surface area contributed by atoms with Gasteiger partial charge in [0.2, 0.25) is 5.76 Å². The van der Waals surface area contributed by atoms with Crippen molar-refractivity contribution >= 4 is 11.9 Å². The lowest BCUT2D eigenvalue weighted by Crippen LogP contribution is -2.42. The average Bonchev–Trinajstić information content (AvgIpc) is 2.29. The normalized spacial score (nSPS) is 16.4. The van der Waals surface area contributed by atoms with E-state index in [1.165, 1.54) is 6.26 Å². The number of amides is 1. The summed E-state index contributed by atoms with van der Waals surface area (Å²) in [7, 11) is 0. The van der Waals surface area contributed by atoms with E-state index >= 15 is 0 Å². The van der Waals surface area contributed by atoms with Crippen molar-refractivity contribution < 1.29 is 24.2 Å². The molecule has 2 N–H and O–H groups in total. The van der Waals surface area contributed by atoms with Crippen LogP contribution in [0.25, 0.3) is 0 Å². The molecular formula is C10H15NO5. The van der Waals surface area contributed by atoms with Gasteiger partial charge in [0.25, 0.3) is 5.91 Å². The van der Waals surface area contributed by atoms with E-state index in [1.54, 1.807) is 0 Å². The first kappa shape index (κ1) is 12.4. The molecule has 0 fully saturated rings. The maximum absolute atomic E-state index is 11.5. The SMILES string of the molecule is CCCC(NC(=O)C1=COCCO1)C(=O)O. The van der Waals surface area contributed by atoms with E-state index in [2.05, 4.69) is 5.32 Å². The summed E-state index contributed by atoms with van der Waals surface area (Å²) in [4.78, 5) is 22.3. The van der Waals surface area contributed by atoms with Gasteiger partial charge in [-0.2, -0.15) is 0 Å². The zero-order valence-electron chi connectivity index (χ0n) is 9.06. The van der Waals surface area contributed by atoms with E-state index in [0.29, 0.717) is 26.1 Å². The number of carbonyl (C=O) groups excluding carboxylic acids is 1. The number of rotatable bonds is 5. The number of hydrogen-bond acceptors (Lipinski definition) is 4. The zero-order valence-corrected chi connectivity index (χ0v) is 9.06. The number of carbonyl (C=O) groups is 2. The van der Waals surface area contributed by atoms with Crippen LogP contribution in [-0.4, -0.2) is 36.2 Å². The highest BCUT2D eigenvalue weighted by Crippen LogP contribution is 2.06. The van der Waals surface area contributed by atoms with Gasteiger partial charge in [0, 0.05) is 0 Å². The molecule has 0 bridgehead atoms. The van der Waals surface area contributed by atoms with Crippen LogP contribution in [0.3, 0.4) is 0 Å². The molecule has 1 heterocycles. The average molecular weight is 229 g/mol. The number of ether oxygens (including phenoxy) is 2. The van der Waals surface area contributed by atoms with E-state index in [1.807, 2.05) is 6.92 Å². The summed E-state index contributed by atoms with van der Waals surface area (Å²) in [6, 6.07) is -0.885. The summed E-state index contributed by atoms with van der Waals surface area (Å²) < 4.78 is 9.94. The fourth-order valence-corrected chi connectivity index (χ4v) is 1.26. The van der Waals surface area contributed by atoms with Gasteiger partial charge in [0.1, 0.15) is 25.5 Å². The largest absolute Gasteiger partial charge is 0.494 e. The highest BCUT2D eigenvalue weighted by molar-refractivity contribution is 5.94. The molecular weight excluding hydrogens is 214 g/mol. The molecule has 1 rings (SSSR count). The molecule has 6 heteroatoms. The lowest BCUT2D eigenvalue weighted by molar-refractivity contribution is -0.142. The Labute approximate surface area is 93.2 Å². The summed E-state index contributed by atoms with van der Waals surface area (Å²) in [5.41, 5.74) is 0. The second-order valence-electron chi connectivity index (χ2n) is 3.35. The summed E-state index contributed by atoms with van der Waals surface area (Å²) in [5, 5.41) is 11.2. The Kier molecular flexibility index (Phi) is 4.63. The highest BCUT2D eigenvalue weighted by atomic mass is 16.6. The highest BCUT2D eigenvalue weighted by Gasteiger charge is 2.22. The first-order valence-electron chi connectivity index (χ1n) is 5.13. The van der Waals surface area contributed by atoms with Crippen LogP contribution in [0.2, 0.25) is 0 Å². The van der Waals surface area contributed by atoms with Crippen molar-refractivity contribution in [2.75, 3.05) is 13.2 Å². The van der Waals surface area contributed by atoms with Crippen LogP contribution in [-0.2, 0) is 19.1 Å². The van der Waals surface area contributed by atoms with Crippen molar-refractivity contribution in [3.8, 4) is 0 Å². The number of hydrogen-bond donors (Lipinski definition) is 2. The van der Waals surface area contributed by atoms with Gasteiger partial charge in [0.05, 0.1) is 0 Å². The van der Waals surface area contributed by atoms with E-state index in [0.717, 1.165) is 0 Å². The Bertz CT molecular complexity index is 300. The van der Waals surface area contributed by atoms with Crippen molar-refractivity contribution in [3.05, 3.63) is 12.0 Å². The van der Waals surface area contributed by atoms with Gasteiger partial charge < -0.3 is 19.9 Å². The third-order valence-corrected chi connectivity index (χ3v) is 2.05. The predicted octanol–water partition coefficient (Wildman–Crippen LogP) is 0.244. The molecule has 6 nitrogen and oxygen atoms in total. The first-order chi connectivity index (χ1) is 7.65. The van der Waals surface area contributed by atoms with Gasteiger partial charge in [-0.05, 0) is 6.42 Å². The van der Waals surface area contributed by atoms with Crippen LogP contribution < -0.4 is 5.32 Å². The van der Waals surface area contributed by atoms with Crippen LogP contribution in [0.4, 0.5) is 0 Å². The second kappa shape index (κ2) is 5.99. The minimum Gasteiger partial charge on any atom is -0.494 e. The van der Waals surface area contributed by atoms with Crippen LogP contribution in [0.15, 0.2) is 12.0 Å². The predicted molar refractivity (Wildman–Crippen MR) is 54.5 cm³/mol. The molecule has 0 saturated heterocycles. The molecule has 0 aromatic rings. The Morgan fingerprint density at radius 3 is 2.81 bits per heavy atom. The van der Waals surface area contributed by atoms with Gasteiger partial charge in [-0.1, -0.05) is 13.3 Å². The number of nitrogens with one attached hydrogen (secondary N) is 1. The molecule has 0 radical (unpaired) electrons. The molecule has 1 aliphatic heterocycles. The quantitative estimate of drug-likeness (QED) is 0.705. The standard InChI is InChI=1S/C10H15NO5/c1-2-3-7(10(13)14)11-9(12)8-6-15-4-5-16-8/h6-7H,2-5H2,1H3,(H,11,12)(H,13,14). The molecule has 0 aromatic heterocycles. The summed E-state index contributed by atoms with van der Waals surface area (Å²) in [5.74, 6) is -1.58. The molecule has 90 valence electrons. The summed E-state index contributed by atoms with van der Waals surface area (Å²) in [6.45, 7) is 2.54. The van der Waals surface area contributed by atoms with Crippen molar-refractivity contribution in [2.24, 2.45) is 0 Å². The molecule has 0 saturated carbocycles. The fraction of sp³-hybridized carbons (Fsp3) is 0.600. The smallest absolute Gasteiger partial charge is 0.326 e. The Hall–Kier alpha value is -1.72.